The molecule has 1 atom stereocenters. The summed E-state index contributed by atoms with van der Waals surface area (Å²) < 4.78 is 33.6. The van der Waals surface area contributed by atoms with Crippen LogP contribution >= 0.6 is 11.6 Å². The molecule has 2 N–H and O–H groups in total. The number of amides is 2. The summed E-state index contributed by atoms with van der Waals surface area (Å²) in [4.78, 5) is 29.2. The van der Waals surface area contributed by atoms with Gasteiger partial charge in [0, 0.05) is 48.0 Å². The zero-order valence-electron chi connectivity index (χ0n) is 20.8. The Hall–Kier alpha value is -3.21. The topological polar surface area (TPSA) is 118 Å². The molecule has 2 aromatic carbocycles. The second-order valence-electron chi connectivity index (χ2n) is 9.85. The Labute approximate surface area is 221 Å². The number of nitrogens with one attached hydrogen (secondary N) is 2. The predicted molar refractivity (Wildman–Crippen MR) is 142 cm³/mol. The third-order valence-electron chi connectivity index (χ3n) is 5.84. The second kappa shape index (κ2) is 10.6. The number of anilines is 1. The molecule has 1 aliphatic heterocycles. The molecule has 0 radical (unpaired) electrons. The van der Waals surface area contributed by atoms with Crippen molar-refractivity contribution in [3.05, 3.63) is 65.4 Å². The Kier molecular flexibility index (Phi) is 7.72. The molecule has 1 saturated heterocycles. The number of rotatable bonds is 6. The van der Waals surface area contributed by atoms with E-state index in [1.807, 2.05) is 0 Å². The largest absolute Gasteiger partial charge is 0.444 e. The number of carbonyl (C=O) groups is 2. The molecule has 2 heterocycles. The summed E-state index contributed by atoms with van der Waals surface area (Å²) in [5, 5.41) is 6.94. The minimum Gasteiger partial charge on any atom is -0.444 e. The van der Waals surface area contributed by atoms with Crippen LogP contribution in [0, 0.1) is 0 Å². The van der Waals surface area contributed by atoms with Crippen molar-refractivity contribution in [2.75, 3.05) is 18.4 Å². The van der Waals surface area contributed by atoms with Crippen molar-refractivity contribution in [1.82, 2.24) is 14.6 Å². The average molecular weight is 545 g/mol. The number of fused-ring (bicyclic) bond motifs is 1. The van der Waals surface area contributed by atoms with Gasteiger partial charge in [0.05, 0.1) is 16.3 Å². The predicted octanol–water partition coefficient (Wildman–Crippen LogP) is 4.36. The fraction of sp³-hybridized carbons (Fsp3) is 0.346. The first-order valence-electron chi connectivity index (χ1n) is 11.8. The third-order valence-corrected chi connectivity index (χ3v) is 8.03. The summed E-state index contributed by atoms with van der Waals surface area (Å²) in [6.45, 7) is 5.71. The molecule has 1 aromatic heterocycles. The molecule has 0 saturated carbocycles. The summed E-state index contributed by atoms with van der Waals surface area (Å²) in [6.07, 6.45) is 2.87. The van der Waals surface area contributed by atoms with Gasteiger partial charge in [-0.15, -0.1) is 0 Å². The SMILES string of the molecule is CC(C)(C)OC(=O)Nc1ccccc1CC(=O)NC1CCN(S(=O)(=O)c2cccc3cncc(Cl)c23)C1. The van der Waals surface area contributed by atoms with Crippen LogP contribution in [0.3, 0.4) is 0 Å². The molecule has 11 heteroatoms. The van der Waals surface area contributed by atoms with Crippen molar-refractivity contribution in [3.63, 3.8) is 0 Å². The summed E-state index contributed by atoms with van der Waals surface area (Å²) in [7, 11) is -3.84. The van der Waals surface area contributed by atoms with E-state index in [2.05, 4.69) is 15.6 Å². The van der Waals surface area contributed by atoms with Gasteiger partial charge in [0.25, 0.3) is 0 Å². The molecule has 0 aliphatic carbocycles. The lowest BCUT2D eigenvalue weighted by atomic mass is 10.1. The van der Waals surface area contributed by atoms with Gasteiger partial charge >= 0.3 is 6.09 Å². The van der Waals surface area contributed by atoms with Crippen molar-refractivity contribution < 1.29 is 22.7 Å². The molecule has 2 amide bonds. The fourth-order valence-electron chi connectivity index (χ4n) is 4.24. The summed E-state index contributed by atoms with van der Waals surface area (Å²) in [6, 6.07) is 11.6. The average Bonchev–Trinajstić information content (AvgIpc) is 3.28. The van der Waals surface area contributed by atoms with Crippen LogP contribution in [-0.2, 0) is 26.0 Å². The van der Waals surface area contributed by atoms with Crippen molar-refractivity contribution >= 4 is 50.1 Å². The standard InChI is InChI=1S/C26H29ClN4O5S/c1-26(2,3)36-25(33)30-21-9-5-4-7-17(21)13-23(32)29-19-11-12-31(16-19)37(34,35)22-10-6-8-18-14-28-15-20(27)24(18)22/h4-10,14-15,19H,11-13,16H2,1-3H3,(H,29,32)(H,30,33). The van der Waals surface area contributed by atoms with Gasteiger partial charge in [-0.05, 0) is 44.9 Å². The fourth-order valence-corrected chi connectivity index (χ4v) is 6.30. The van der Waals surface area contributed by atoms with E-state index in [0.717, 1.165) is 0 Å². The smallest absolute Gasteiger partial charge is 0.412 e. The van der Waals surface area contributed by atoms with E-state index >= 15 is 0 Å². The first-order chi connectivity index (χ1) is 17.4. The zero-order valence-corrected chi connectivity index (χ0v) is 22.4. The highest BCUT2D eigenvalue weighted by molar-refractivity contribution is 7.89. The molecule has 4 rings (SSSR count). The number of para-hydroxylation sites is 1. The number of aromatic nitrogens is 1. The van der Waals surface area contributed by atoms with Gasteiger partial charge in [-0.25, -0.2) is 13.2 Å². The van der Waals surface area contributed by atoms with E-state index < -0.39 is 21.7 Å². The van der Waals surface area contributed by atoms with Crippen LogP contribution in [0.5, 0.6) is 0 Å². The van der Waals surface area contributed by atoms with E-state index in [9.17, 15) is 18.0 Å². The maximum Gasteiger partial charge on any atom is 0.412 e. The minimum atomic E-state index is -3.84. The van der Waals surface area contributed by atoms with E-state index in [-0.39, 0.29) is 41.4 Å². The maximum atomic E-state index is 13.5. The van der Waals surface area contributed by atoms with Gasteiger partial charge in [0.1, 0.15) is 5.60 Å². The molecule has 1 aliphatic rings. The second-order valence-corrected chi connectivity index (χ2v) is 12.2. The van der Waals surface area contributed by atoms with Gasteiger partial charge in [-0.3, -0.25) is 15.1 Å². The molecule has 3 aromatic rings. The van der Waals surface area contributed by atoms with E-state index in [1.165, 1.54) is 16.6 Å². The molecular weight excluding hydrogens is 516 g/mol. The van der Waals surface area contributed by atoms with Gasteiger partial charge < -0.3 is 10.1 Å². The minimum absolute atomic E-state index is 0.0150. The van der Waals surface area contributed by atoms with Crippen LogP contribution in [0.25, 0.3) is 10.8 Å². The van der Waals surface area contributed by atoms with Gasteiger partial charge in [-0.1, -0.05) is 41.9 Å². The molecular formula is C26H29ClN4O5S. The van der Waals surface area contributed by atoms with Crippen molar-refractivity contribution in [1.29, 1.82) is 0 Å². The molecule has 0 bridgehead atoms. The highest BCUT2D eigenvalue weighted by Gasteiger charge is 2.34. The number of benzene rings is 2. The molecule has 196 valence electrons. The lowest BCUT2D eigenvalue weighted by Gasteiger charge is -2.20. The molecule has 1 unspecified atom stereocenters. The third kappa shape index (κ3) is 6.38. The Morgan fingerprint density at radius 3 is 2.65 bits per heavy atom. The Morgan fingerprint density at radius 2 is 1.89 bits per heavy atom. The number of hydrogen-bond acceptors (Lipinski definition) is 6. The van der Waals surface area contributed by atoms with Crippen molar-refractivity contribution in [2.24, 2.45) is 0 Å². The normalized spacial score (nSPS) is 16.5. The lowest BCUT2D eigenvalue weighted by Crippen LogP contribution is -2.39. The lowest BCUT2D eigenvalue weighted by molar-refractivity contribution is -0.121. The Morgan fingerprint density at radius 1 is 1.14 bits per heavy atom. The summed E-state index contributed by atoms with van der Waals surface area (Å²) in [5.74, 6) is -0.276. The number of ether oxygens (including phenoxy) is 1. The number of sulfonamides is 1. The van der Waals surface area contributed by atoms with Crippen LogP contribution in [0.2, 0.25) is 5.02 Å². The monoisotopic (exact) mass is 544 g/mol. The zero-order chi connectivity index (χ0) is 26.8. The van der Waals surface area contributed by atoms with Crippen LogP contribution in [0.4, 0.5) is 10.5 Å². The molecule has 37 heavy (non-hydrogen) atoms. The first-order valence-corrected chi connectivity index (χ1v) is 13.7. The van der Waals surface area contributed by atoms with E-state index in [1.54, 1.807) is 63.4 Å². The number of hydrogen-bond donors (Lipinski definition) is 2. The molecule has 9 nitrogen and oxygen atoms in total. The van der Waals surface area contributed by atoms with Gasteiger partial charge in [0.15, 0.2) is 0 Å². The van der Waals surface area contributed by atoms with E-state index in [0.29, 0.717) is 28.4 Å². The summed E-state index contributed by atoms with van der Waals surface area (Å²) in [5.41, 5.74) is 0.441. The van der Waals surface area contributed by atoms with Crippen molar-refractivity contribution in [2.45, 2.75) is 50.2 Å². The number of nitrogens with zero attached hydrogens (tertiary/aromatic N) is 2. The van der Waals surface area contributed by atoms with Crippen LogP contribution in [-0.4, -0.2) is 54.4 Å². The quantitative estimate of drug-likeness (QED) is 0.476. The van der Waals surface area contributed by atoms with Gasteiger partial charge in [0.2, 0.25) is 15.9 Å². The van der Waals surface area contributed by atoms with E-state index in [4.69, 9.17) is 16.3 Å². The number of pyridine rings is 1. The van der Waals surface area contributed by atoms with Crippen molar-refractivity contribution in [3.8, 4) is 0 Å². The summed E-state index contributed by atoms with van der Waals surface area (Å²) >= 11 is 6.29. The van der Waals surface area contributed by atoms with Crippen LogP contribution in [0.1, 0.15) is 32.8 Å². The maximum absolute atomic E-state index is 13.5. The molecule has 0 spiro atoms. The Balaban J connectivity index is 1.42. The Bertz CT molecular complexity index is 1430. The number of carbonyl (C=O) groups excluding carboxylic acids is 2. The highest BCUT2D eigenvalue weighted by atomic mass is 35.5. The molecule has 1 fully saturated rings. The number of halogens is 1. The highest BCUT2D eigenvalue weighted by Crippen LogP contribution is 2.32. The first kappa shape index (κ1) is 26.8. The van der Waals surface area contributed by atoms with Crippen LogP contribution < -0.4 is 10.6 Å². The van der Waals surface area contributed by atoms with Crippen LogP contribution in [0.15, 0.2) is 59.8 Å². The van der Waals surface area contributed by atoms with Gasteiger partial charge in [-0.2, -0.15) is 4.31 Å².